The standard InChI is InChI=1S/C56H43NO/c1-5-19-53(56-39-48-36-45-25-12-13-26-47(45)38-55(48)58-56)52-30-16-17-31-54(52)57(50-28-18-27-46(37-50)44-23-8-7-9-24-44)49-34-32-42(33-35-49)21-11-10-20-40(3)41(4)51-29-15-14-22-43(51)6-2/h5-39H,1-4H2/b20-10-,21-11+,53-19-. The third kappa shape index (κ3) is 7.86. The van der Waals surface area contributed by atoms with Crippen molar-refractivity contribution in [2.75, 3.05) is 4.90 Å². The molecule has 0 amide bonds. The molecule has 1 aromatic heterocycles. The van der Waals surface area contributed by atoms with Crippen molar-refractivity contribution in [2.24, 2.45) is 0 Å². The van der Waals surface area contributed by atoms with Crippen molar-refractivity contribution in [3.63, 3.8) is 0 Å². The summed E-state index contributed by atoms with van der Waals surface area (Å²) in [6.45, 7) is 16.6. The van der Waals surface area contributed by atoms with Gasteiger partial charge in [0.05, 0.1) is 5.69 Å². The van der Waals surface area contributed by atoms with Crippen LogP contribution in [0.15, 0.2) is 237 Å². The lowest BCUT2D eigenvalue weighted by Gasteiger charge is -2.28. The molecule has 0 unspecified atom stereocenters. The summed E-state index contributed by atoms with van der Waals surface area (Å²) in [6.07, 6.45) is 13.8. The molecule has 0 atom stereocenters. The van der Waals surface area contributed by atoms with Crippen LogP contribution in [0.4, 0.5) is 17.1 Å². The lowest BCUT2D eigenvalue weighted by Crippen LogP contribution is -2.12. The predicted molar refractivity (Wildman–Crippen MR) is 250 cm³/mol. The summed E-state index contributed by atoms with van der Waals surface area (Å²) in [5, 5.41) is 3.38. The smallest absolute Gasteiger partial charge is 0.136 e. The Morgan fingerprint density at radius 3 is 2.02 bits per heavy atom. The molecule has 0 spiro atoms. The SMILES string of the molecule is C=C/C=C(\c1cc2cc3ccccc3cc2o1)c1ccccc1N(c1ccc(/C=C/C=C\C(=C)C(=C)c2ccccc2C=C)cc1)c1cccc(-c2ccccc2)c1. The minimum Gasteiger partial charge on any atom is -0.456 e. The van der Waals surface area contributed by atoms with Gasteiger partial charge in [0.15, 0.2) is 0 Å². The van der Waals surface area contributed by atoms with Crippen molar-refractivity contribution in [2.45, 2.75) is 0 Å². The van der Waals surface area contributed by atoms with E-state index >= 15 is 0 Å². The van der Waals surface area contributed by atoms with E-state index in [9.17, 15) is 0 Å². The van der Waals surface area contributed by atoms with Crippen molar-refractivity contribution in [1.82, 2.24) is 0 Å². The van der Waals surface area contributed by atoms with Crippen LogP contribution in [0.3, 0.4) is 0 Å². The molecule has 0 aliphatic rings. The topological polar surface area (TPSA) is 16.4 Å². The summed E-state index contributed by atoms with van der Waals surface area (Å²) in [5.74, 6) is 0.778. The van der Waals surface area contributed by atoms with E-state index in [-0.39, 0.29) is 0 Å². The van der Waals surface area contributed by atoms with Crippen LogP contribution in [0.2, 0.25) is 0 Å². The van der Waals surface area contributed by atoms with Crippen molar-refractivity contribution < 1.29 is 4.42 Å². The summed E-state index contributed by atoms with van der Waals surface area (Å²) in [7, 11) is 0. The molecule has 0 saturated carbocycles. The summed E-state index contributed by atoms with van der Waals surface area (Å²) in [6, 6.07) is 59.3. The van der Waals surface area contributed by atoms with E-state index in [2.05, 4.69) is 177 Å². The van der Waals surface area contributed by atoms with Crippen LogP contribution in [0, 0.1) is 0 Å². The molecule has 0 bridgehead atoms. The van der Waals surface area contributed by atoms with E-state index in [4.69, 9.17) is 4.42 Å². The van der Waals surface area contributed by atoms with Crippen molar-refractivity contribution >= 4 is 62.1 Å². The highest BCUT2D eigenvalue weighted by atomic mass is 16.3. The quantitative estimate of drug-likeness (QED) is 0.109. The molecule has 0 fully saturated rings. The fourth-order valence-corrected chi connectivity index (χ4v) is 7.36. The zero-order valence-electron chi connectivity index (χ0n) is 32.4. The van der Waals surface area contributed by atoms with Crippen molar-refractivity contribution in [1.29, 1.82) is 0 Å². The Bertz CT molecular complexity index is 2850. The molecule has 0 aliphatic heterocycles. The van der Waals surface area contributed by atoms with Crippen molar-refractivity contribution in [3.8, 4) is 11.1 Å². The Hall–Kier alpha value is -7.68. The van der Waals surface area contributed by atoms with E-state index in [1.807, 2.05) is 66.8 Å². The number of rotatable bonds is 13. The second-order valence-electron chi connectivity index (χ2n) is 14.0. The van der Waals surface area contributed by atoms with Gasteiger partial charge in [0.2, 0.25) is 0 Å². The number of hydrogen-bond acceptors (Lipinski definition) is 2. The Morgan fingerprint density at radius 1 is 0.552 bits per heavy atom. The van der Waals surface area contributed by atoms with Gasteiger partial charge in [0, 0.05) is 27.9 Å². The molecule has 58 heavy (non-hydrogen) atoms. The molecule has 2 nitrogen and oxygen atoms in total. The van der Waals surface area contributed by atoms with Gasteiger partial charge in [-0.05, 0) is 98.3 Å². The number of para-hydroxylation sites is 1. The van der Waals surface area contributed by atoms with Gasteiger partial charge in [-0.1, -0.05) is 190 Å². The van der Waals surface area contributed by atoms with Crippen LogP contribution >= 0.6 is 0 Å². The zero-order valence-corrected chi connectivity index (χ0v) is 32.4. The lowest BCUT2D eigenvalue weighted by molar-refractivity contribution is 0.601. The fourth-order valence-electron chi connectivity index (χ4n) is 7.36. The maximum absolute atomic E-state index is 6.63. The summed E-state index contributed by atoms with van der Waals surface area (Å²) >= 11 is 0. The monoisotopic (exact) mass is 745 g/mol. The predicted octanol–water partition coefficient (Wildman–Crippen LogP) is 15.8. The molecule has 2 heteroatoms. The molecular formula is C56H43NO. The molecular weight excluding hydrogens is 703 g/mol. The normalized spacial score (nSPS) is 11.7. The van der Waals surface area contributed by atoms with E-state index in [1.165, 1.54) is 5.39 Å². The first-order valence-corrected chi connectivity index (χ1v) is 19.4. The number of furan rings is 1. The lowest BCUT2D eigenvalue weighted by atomic mass is 9.95. The fraction of sp³-hybridized carbons (Fsp3) is 0. The van der Waals surface area contributed by atoms with E-state index in [1.54, 1.807) is 0 Å². The van der Waals surface area contributed by atoms with Gasteiger partial charge in [0.25, 0.3) is 0 Å². The highest BCUT2D eigenvalue weighted by Gasteiger charge is 2.21. The van der Waals surface area contributed by atoms with Gasteiger partial charge in [0.1, 0.15) is 11.3 Å². The van der Waals surface area contributed by atoms with E-state index in [0.717, 1.165) is 89.3 Å². The minimum atomic E-state index is 0.778. The molecule has 8 rings (SSSR count). The van der Waals surface area contributed by atoms with Crippen LogP contribution < -0.4 is 4.90 Å². The zero-order chi connectivity index (χ0) is 39.8. The van der Waals surface area contributed by atoms with Gasteiger partial charge < -0.3 is 9.32 Å². The maximum atomic E-state index is 6.63. The third-order valence-electron chi connectivity index (χ3n) is 10.3. The Labute approximate surface area is 341 Å². The largest absolute Gasteiger partial charge is 0.456 e. The first-order valence-electron chi connectivity index (χ1n) is 19.4. The van der Waals surface area contributed by atoms with Gasteiger partial charge >= 0.3 is 0 Å². The summed E-state index contributed by atoms with van der Waals surface area (Å²) in [5.41, 5.74) is 13.0. The Balaban J connectivity index is 1.16. The van der Waals surface area contributed by atoms with Crippen LogP contribution in [-0.4, -0.2) is 0 Å². The molecule has 0 N–H and O–H groups in total. The van der Waals surface area contributed by atoms with E-state index in [0.29, 0.717) is 0 Å². The van der Waals surface area contributed by atoms with Gasteiger partial charge in [-0.15, -0.1) is 0 Å². The van der Waals surface area contributed by atoms with Crippen LogP contribution in [-0.2, 0) is 0 Å². The average molecular weight is 746 g/mol. The van der Waals surface area contributed by atoms with Crippen LogP contribution in [0.5, 0.6) is 0 Å². The number of nitrogens with zero attached hydrogens (tertiary/aromatic N) is 1. The molecule has 1 heterocycles. The minimum absolute atomic E-state index is 0.778. The number of anilines is 3. The summed E-state index contributed by atoms with van der Waals surface area (Å²) < 4.78 is 6.63. The number of benzene rings is 7. The molecule has 7 aromatic carbocycles. The first kappa shape index (κ1) is 37.3. The average Bonchev–Trinajstić information content (AvgIpc) is 3.69. The second kappa shape index (κ2) is 17.0. The Morgan fingerprint density at radius 2 is 1.24 bits per heavy atom. The van der Waals surface area contributed by atoms with Crippen LogP contribution in [0.25, 0.3) is 56.2 Å². The highest BCUT2D eigenvalue weighted by Crippen LogP contribution is 2.43. The van der Waals surface area contributed by atoms with Crippen LogP contribution in [0.1, 0.15) is 28.0 Å². The highest BCUT2D eigenvalue weighted by molar-refractivity contribution is 5.99. The van der Waals surface area contributed by atoms with Crippen molar-refractivity contribution in [3.05, 3.63) is 260 Å². The number of fused-ring (bicyclic) bond motifs is 2. The third-order valence-corrected chi connectivity index (χ3v) is 10.3. The number of hydrogen-bond donors (Lipinski definition) is 0. The van der Waals surface area contributed by atoms with Gasteiger partial charge in [-0.2, -0.15) is 0 Å². The van der Waals surface area contributed by atoms with Gasteiger partial charge in [-0.3, -0.25) is 0 Å². The number of allylic oxidation sites excluding steroid dienone is 7. The molecule has 0 radical (unpaired) electrons. The second-order valence-corrected chi connectivity index (χ2v) is 14.0. The molecule has 0 saturated heterocycles. The Kier molecular flexibility index (Phi) is 10.9. The molecule has 0 aliphatic carbocycles. The summed E-state index contributed by atoms with van der Waals surface area (Å²) in [4.78, 5) is 2.32. The molecule has 278 valence electrons. The maximum Gasteiger partial charge on any atom is 0.136 e. The first-order chi connectivity index (χ1) is 28.5. The van der Waals surface area contributed by atoms with E-state index < -0.39 is 0 Å². The van der Waals surface area contributed by atoms with Gasteiger partial charge in [-0.25, -0.2) is 0 Å². The molecule has 8 aromatic rings.